The van der Waals surface area contributed by atoms with Crippen LogP contribution in [0.15, 0.2) is 22.9 Å². The molecular weight excluding hydrogens is 270 g/mol. The predicted molar refractivity (Wildman–Crippen MR) is 66.2 cm³/mol. The third-order valence-corrected chi connectivity index (χ3v) is 3.08. The first-order chi connectivity index (χ1) is 7.75. The lowest BCUT2D eigenvalue weighted by Gasteiger charge is -2.07. The summed E-state index contributed by atoms with van der Waals surface area (Å²) in [6, 6.07) is 3.61. The monoisotopic (exact) mass is 283 g/mol. The number of pyridine rings is 1. The topological polar surface area (TPSA) is 54.0 Å². The summed E-state index contributed by atoms with van der Waals surface area (Å²) in [6.07, 6.45) is 4.26. The fraction of sp³-hybridized carbons (Fsp3) is 0.455. The third kappa shape index (κ3) is 3.57. The molecule has 0 unspecified atom stereocenters. The maximum atomic E-state index is 11.5. The number of hydrogen-bond acceptors (Lipinski definition) is 3. The number of nitrogens with zero attached hydrogens (tertiary/aromatic N) is 1. The van der Waals surface area contributed by atoms with Gasteiger partial charge >= 0.3 is 0 Å². The smallest absolute Gasteiger partial charge is 0.238 e. The molecule has 1 aliphatic rings. The third-order valence-electron chi connectivity index (χ3n) is 2.45. The van der Waals surface area contributed by atoms with Crippen molar-refractivity contribution in [2.75, 3.05) is 18.4 Å². The minimum Gasteiger partial charge on any atom is -0.323 e. The molecule has 5 heteroatoms. The molecule has 2 N–H and O–H groups in total. The second-order valence-corrected chi connectivity index (χ2v) is 4.72. The Labute approximate surface area is 103 Å². The molecule has 1 saturated carbocycles. The first-order valence-electron chi connectivity index (χ1n) is 5.37. The lowest BCUT2D eigenvalue weighted by atomic mass is 10.4. The van der Waals surface area contributed by atoms with E-state index >= 15 is 0 Å². The number of halogens is 1. The zero-order chi connectivity index (χ0) is 11.4. The van der Waals surface area contributed by atoms with Crippen LogP contribution in [0.2, 0.25) is 0 Å². The molecule has 4 nitrogen and oxygen atoms in total. The van der Waals surface area contributed by atoms with E-state index < -0.39 is 0 Å². The molecule has 1 aromatic heterocycles. The zero-order valence-corrected chi connectivity index (χ0v) is 10.5. The van der Waals surface area contributed by atoms with Crippen LogP contribution < -0.4 is 10.6 Å². The van der Waals surface area contributed by atoms with Crippen LogP contribution in [0.5, 0.6) is 0 Å². The summed E-state index contributed by atoms with van der Waals surface area (Å²) in [6.45, 7) is 1.31. The van der Waals surface area contributed by atoms with Gasteiger partial charge in [-0.1, -0.05) is 0 Å². The Hall–Kier alpha value is -0.940. The van der Waals surface area contributed by atoms with Crippen molar-refractivity contribution in [2.24, 2.45) is 5.92 Å². The summed E-state index contributed by atoms with van der Waals surface area (Å²) in [4.78, 5) is 15.6. The summed E-state index contributed by atoms with van der Waals surface area (Å²) >= 11 is 3.28. The van der Waals surface area contributed by atoms with Crippen LogP contribution >= 0.6 is 15.9 Å². The molecule has 1 fully saturated rings. The average Bonchev–Trinajstić information content (AvgIpc) is 3.05. The van der Waals surface area contributed by atoms with Crippen LogP contribution in [0.25, 0.3) is 0 Å². The number of amides is 1. The van der Waals surface area contributed by atoms with Crippen LogP contribution in [-0.2, 0) is 4.79 Å². The summed E-state index contributed by atoms with van der Waals surface area (Å²) in [7, 11) is 0. The quantitative estimate of drug-likeness (QED) is 0.810. The Morgan fingerprint density at radius 3 is 3.06 bits per heavy atom. The molecule has 0 saturated heterocycles. The number of anilines is 1. The number of hydrogen-bond donors (Lipinski definition) is 2. The summed E-state index contributed by atoms with van der Waals surface area (Å²) in [5.41, 5.74) is 0.709. The van der Waals surface area contributed by atoms with Gasteiger partial charge in [0.25, 0.3) is 0 Å². The SMILES string of the molecule is O=C(CNCC1CC1)Nc1cccnc1Br. The van der Waals surface area contributed by atoms with Gasteiger partial charge in [-0.3, -0.25) is 4.79 Å². The highest BCUT2D eigenvalue weighted by molar-refractivity contribution is 9.10. The van der Waals surface area contributed by atoms with Gasteiger partial charge in [0.15, 0.2) is 0 Å². The molecule has 2 rings (SSSR count). The minimum absolute atomic E-state index is 0.0330. The van der Waals surface area contributed by atoms with Crippen LogP contribution in [-0.4, -0.2) is 24.0 Å². The number of carbonyl (C=O) groups excluding carboxylic acids is 1. The van der Waals surface area contributed by atoms with Gasteiger partial charge in [0.1, 0.15) is 4.60 Å². The predicted octanol–water partition coefficient (Wildman–Crippen LogP) is 1.78. The van der Waals surface area contributed by atoms with E-state index in [9.17, 15) is 4.79 Å². The van der Waals surface area contributed by atoms with Crippen molar-refractivity contribution in [1.29, 1.82) is 0 Å². The Bertz CT molecular complexity index is 379. The lowest BCUT2D eigenvalue weighted by molar-refractivity contribution is -0.115. The van der Waals surface area contributed by atoms with Crippen molar-refractivity contribution in [1.82, 2.24) is 10.3 Å². The normalized spacial score (nSPS) is 14.8. The van der Waals surface area contributed by atoms with Gasteiger partial charge in [0.2, 0.25) is 5.91 Å². The Kier molecular flexibility index (Phi) is 3.90. The summed E-state index contributed by atoms with van der Waals surface area (Å²) < 4.78 is 0.658. The molecule has 1 heterocycles. The Balaban J connectivity index is 1.75. The summed E-state index contributed by atoms with van der Waals surface area (Å²) in [5.74, 6) is 0.757. The van der Waals surface area contributed by atoms with Crippen molar-refractivity contribution in [3.8, 4) is 0 Å². The molecular formula is C11H14BrN3O. The van der Waals surface area contributed by atoms with Gasteiger partial charge < -0.3 is 10.6 Å². The van der Waals surface area contributed by atoms with Gasteiger partial charge in [0, 0.05) is 6.20 Å². The van der Waals surface area contributed by atoms with Gasteiger partial charge in [-0.2, -0.15) is 0 Å². The van der Waals surface area contributed by atoms with E-state index in [4.69, 9.17) is 0 Å². The molecule has 0 spiro atoms. The number of nitrogens with one attached hydrogen (secondary N) is 2. The standard InChI is InChI=1S/C11H14BrN3O/c12-11-9(2-1-5-14-11)15-10(16)7-13-6-8-3-4-8/h1-2,5,8,13H,3-4,6-7H2,(H,15,16). The van der Waals surface area contributed by atoms with Crippen molar-refractivity contribution in [2.45, 2.75) is 12.8 Å². The van der Waals surface area contributed by atoms with Crippen LogP contribution in [0.4, 0.5) is 5.69 Å². The minimum atomic E-state index is -0.0330. The molecule has 0 aromatic carbocycles. The van der Waals surface area contributed by atoms with Gasteiger partial charge in [-0.25, -0.2) is 4.98 Å². The van der Waals surface area contributed by atoms with Crippen molar-refractivity contribution in [3.05, 3.63) is 22.9 Å². The highest BCUT2D eigenvalue weighted by Gasteiger charge is 2.20. The van der Waals surface area contributed by atoms with Crippen LogP contribution in [0.1, 0.15) is 12.8 Å². The average molecular weight is 284 g/mol. The van der Waals surface area contributed by atoms with E-state index in [1.165, 1.54) is 12.8 Å². The second-order valence-electron chi connectivity index (χ2n) is 3.96. The fourth-order valence-corrected chi connectivity index (χ4v) is 1.73. The maximum absolute atomic E-state index is 11.5. The van der Waals surface area contributed by atoms with E-state index in [1.807, 2.05) is 6.07 Å². The Morgan fingerprint density at radius 2 is 2.38 bits per heavy atom. The summed E-state index contributed by atoms with van der Waals surface area (Å²) in [5, 5.41) is 5.93. The van der Waals surface area contributed by atoms with Gasteiger partial charge in [-0.05, 0) is 53.4 Å². The molecule has 1 amide bonds. The Morgan fingerprint density at radius 1 is 1.56 bits per heavy atom. The highest BCUT2D eigenvalue weighted by atomic mass is 79.9. The largest absolute Gasteiger partial charge is 0.323 e. The zero-order valence-electron chi connectivity index (χ0n) is 8.87. The lowest BCUT2D eigenvalue weighted by Crippen LogP contribution is -2.29. The van der Waals surface area contributed by atoms with Crippen molar-refractivity contribution < 1.29 is 4.79 Å². The molecule has 0 radical (unpaired) electrons. The van der Waals surface area contributed by atoms with E-state index in [1.54, 1.807) is 12.3 Å². The molecule has 0 bridgehead atoms. The maximum Gasteiger partial charge on any atom is 0.238 e. The van der Waals surface area contributed by atoms with Crippen LogP contribution in [0, 0.1) is 5.92 Å². The molecule has 86 valence electrons. The second kappa shape index (κ2) is 5.41. The first kappa shape index (κ1) is 11.5. The molecule has 0 atom stereocenters. The van der Waals surface area contributed by atoms with Crippen molar-refractivity contribution >= 4 is 27.5 Å². The van der Waals surface area contributed by atoms with Crippen LogP contribution in [0.3, 0.4) is 0 Å². The van der Waals surface area contributed by atoms with Crippen molar-refractivity contribution in [3.63, 3.8) is 0 Å². The first-order valence-corrected chi connectivity index (χ1v) is 6.16. The van der Waals surface area contributed by atoms with Gasteiger partial charge in [0.05, 0.1) is 12.2 Å². The van der Waals surface area contributed by atoms with E-state index in [-0.39, 0.29) is 5.91 Å². The number of carbonyl (C=O) groups is 1. The number of aromatic nitrogens is 1. The highest BCUT2D eigenvalue weighted by Crippen LogP contribution is 2.27. The molecule has 1 aromatic rings. The molecule has 16 heavy (non-hydrogen) atoms. The molecule has 0 aliphatic heterocycles. The number of rotatable bonds is 5. The van der Waals surface area contributed by atoms with E-state index in [0.29, 0.717) is 16.8 Å². The fourth-order valence-electron chi connectivity index (χ4n) is 1.39. The van der Waals surface area contributed by atoms with Gasteiger partial charge in [-0.15, -0.1) is 0 Å². The molecule has 1 aliphatic carbocycles. The van der Waals surface area contributed by atoms with E-state index in [2.05, 4.69) is 31.5 Å². The van der Waals surface area contributed by atoms with E-state index in [0.717, 1.165) is 12.5 Å².